The molecule has 0 saturated heterocycles. The minimum Gasteiger partial charge on any atom is -0.480 e. The number of aryl methyl sites for hydroxylation is 1. The van der Waals surface area contributed by atoms with Crippen LogP contribution in [0.5, 0.6) is 0 Å². The predicted molar refractivity (Wildman–Crippen MR) is 107 cm³/mol. The number of ether oxygens (including phenoxy) is 2. The Balaban J connectivity index is 1.72. The van der Waals surface area contributed by atoms with Gasteiger partial charge in [0.05, 0.1) is 0 Å². The second kappa shape index (κ2) is 11.5. The number of carbonyl (C=O) groups excluding carboxylic acids is 2. The van der Waals surface area contributed by atoms with Crippen molar-refractivity contribution in [2.75, 3.05) is 6.79 Å². The van der Waals surface area contributed by atoms with E-state index in [2.05, 4.69) is 5.32 Å². The molecule has 1 amide bonds. The van der Waals surface area contributed by atoms with Gasteiger partial charge in [0.2, 0.25) is 6.79 Å². The maximum Gasteiger partial charge on any atom is 0.410 e. The van der Waals surface area contributed by atoms with E-state index in [1.807, 2.05) is 30.3 Å². The zero-order chi connectivity index (χ0) is 21.1. The second-order valence-corrected chi connectivity index (χ2v) is 6.39. The minimum atomic E-state index is -1.20. The molecule has 0 aliphatic rings. The molecule has 2 rings (SSSR count). The molecule has 8 heteroatoms. The zero-order valence-electron chi connectivity index (χ0n) is 15.4. The highest BCUT2D eigenvalue weighted by molar-refractivity contribution is 6.30. The minimum absolute atomic E-state index is 0.158. The van der Waals surface area contributed by atoms with Crippen molar-refractivity contribution >= 4 is 35.7 Å². The molecule has 29 heavy (non-hydrogen) atoms. The third-order valence-corrected chi connectivity index (χ3v) is 4.08. The van der Waals surface area contributed by atoms with Crippen molar-refractivity contribution in [3.05, 3.63) is 76.8 Å². The van der Waals surface area contributed by atoms with Gasteiger partial charge in [-0.15, -0.1) is 0 Å². The molecule has 2 aromatic rings. The molecule has 0 aliphatic heterocycles. The quantitative estimate of drug-likeness (QED) is 0.366. The molecule has 0 aromatic heterocycles. The molecule has 2 N–H and O–H groups in total. The van der Waals surface area contributed by atoms with Crippen molar-refractivity contribution in [2.24, 2.45) is 0 Å². The third-order valence-electron chi connectivity index (χ3n) is 3.83. The number of carboxylic acids is 1. The normalized spacial score (nSPS) is 11.6. The Hall–Kier alpha value is -3.32. The van der Waals surface area contributed by atoms with Gasteiger partial charge in [0.15, 0.2) is 0 Å². The van der Waals surface area contributed by atoms with Crippen LogP contribution >= 0.6 is 11.6 Å². The predicted octanol–water partition coefficient (Wildman–Crippen LogP) is 3.67. The summed E-state index contributed by atoms with van der Waals surface area (Å²) in [7, 11) is 0. The standard InChI is InChI=1S/C21H20ClNO6/c22-17-10-6-16(7-11-17)8-12-18(20(25)26)23-21(27)29-14-28-19(24)13-9-15-4-2-1-3-5-15/h1-7,9-11,13,18H,8,12,14H2,(H,23,27)(H,25,26). The van der Waals surface area contributed by atoms with E-state index in [9.17, 15) is 19.5 Å². The number of hydrogen-bond donors (Lipinski definition) is 2. The summed E-state index contributed by atoms with van der Waals surface area (Å²) in [5.74, 6) is -1.89. The van der Waals surface area contributed by atoms with Gasteiger partial charge in [0, 0.05) is 11.1 Å². The van der Waals surface area contributed by atoms with Gasteiger partial charge in [0.25, 0.3) is 0 Å². The van der Waals surface area contributed by atoms with Crippen LogP contribution in [0.4, 0.5) is 4.79 Å². The van der Waals surface area contributed by atoms with E-state index in [0.717, 1.165) is 11.1 Å². The molecule has 0 spiro atoms. The molecule has 0 heterocycles. The van der Waals surface area contributed by atoms with Gasteiger partial charge in [-0.05, 0) is 42.2 Å². The maximum absolute atomic E-state index is 11.8. The number of carbonyl (C=O) groups is 3. The molecule has 1 unspecified atom stereocenters. The van der Waals surface area contributed by atoms with E-state index >= 15 is 0 Å². The Kier molecular flexibility index (Phi) is 8.72. The van der Waals surface area contributed by atoms with Crippen LogP contribution in [-0.4, -0.2) is 36.0 Å². The van der Waals surface area contributed by atoms with Crippen molar-refractivity contribution in [2.45, 2.75) is 18.9 Å². The molecule has 0 radical (unpaired) electrons. The SMILES string of the molecule is O=C(C=Cc1ccccc1)OCOC(=O)NC(CCc1ccc(Cl)cc1)C(=O)O. The molecule has 0 bridgehead atoms. The largest absolute Gasteiger partial charge is 0.480 e. The van der Waals surface area contributed by atoms with Crippen molar-refractivity contribution in [3.63, 3.8) is 0 Å². The van der Waals surface area contributed by atoms with E-state index < -0.39 is 30.9 Å². The van der Waals surface area contributed by atoms with Gasteiger partial charge in [-0.25, -0.2) is 14.4 Å². The highest BCUT2D eigenvalue weighted by Crippen LogP contribution is 2.12. The number of rotatable bonds is 9. The lowest BCUT2D eigenvalue weighted by Gasteiger charge is -2.14. The topological polar surface area (TPSA) is 102 Å². The molecule has 7 nitrogen and oxygen atoms in total. The first kappa shape index (κ1) is 22.0. The Morgan fingerprint density at radius 3 is 2.38 bits per heavy atom. The maximum atomic E-state index is 11.8. The van der Waals surface area contributed by atoms with Crippen LogP contribution in [0, 0.1) is 0 Å². The number of carboxylic acid groups (broad SMARTS) is 1. The van der Waals surface area contributed by atoms with Gasteiger partial charge in [0.1, 0.15) is 6.04 Å². The molecule has 2 aromatic carbocycles. The first-order valence-electron chi connectivity index (χ1n) is 8.74. The van der Waals surface area contributed by atoms with Crippen LogP contribution in [0.1, 0.15) is 17.5 Å². The summed E-state index contributed by atoms with van der Waals surface area (Å²) in [4.78, 5) is 34.7. The number of halogens is 1. The number of esters is 1. The molecule has 0 fully saturated rings. The highest BCUT2D eigenvalue weighted by Gasteiger charge is 2.20. The Bertz CT molecular complexity index is 851. The van der Waals surface area contributed by atoms with Gasteiger partial charge >= 0.3 is 18.0 Å². The number of hydrogen-bond acceptors (Lipinski definition) is 5. The average molecular weight is 418 g/mol. The van der Waals surface area contributed by atoms with E-state index in [1.165, 1.54) is 6.08 Å². The van der Waals surface area contributed by atoms with Crippen molar-refractivity contribution < 1.29 is 29.0 Å². The smallest absolute Gasteiger partial charge is 0.410 e. The molecule has 0 aliphatic carbocycles. The lowest BCUT2D eigenvalue weighted by Crippen LogP contribution is -2.41. The highest BCUT2D eigenvalue weighted by atomic mass is 35.5. The summed E-state index contributed by atoms with van der Waals surface area (Å²) in [6.07, 6.45) is 2.34. The fourth-order valence-corrected chi connectivity index (χ4v) is 2.45. The Morgan fingerprint density at radius 1 is 1.03 bits per heavy atom. The van der Waals surface area contributed by atoms with Crippen LogP contribution in [0.25, 0.3) is 6.08 Å². The van der Waals surface area contributed by atoms with Crippen LogP contribution in [0.15, 0.2) is 60.7 Å². The fourth-order valence-electron chi connectivity index (χ4n) is 2.32. The molecule has 152 valence electrons. The summed E-state index contributed by atoms with van der Waals surface area (Å²) in [5.41, 5.74) is 1.70. The summed E-state index contributed by atoms with van der Waals surface area (Å²) in [5, 5.41) is 12.1. The second-order valence-electron chi connectivity index (χ2n) is 5.96. The zero-order valence-corrected chi connectivity index (χ0v) is 16.2. The van der Waals surface area contributed by atoms with Crippen LogP contribution < -0.4 is 5.32 Å². The van der Waals surface area contributed by atoms with Crippen LogP contribution in [0.2, 0.25) is 5.02 Å². The number of aliphatic carboxylic acids is 1. The first-order chi connectivity index (χ1) is 13.9. The van der Waals surface area contributed by atoms with Gasteiger partial charge in [-0.2, -0.15) is 0 Å². The first-order valence-corrected chi connectivity index (χ1v) is 9.12. The molecular formula is C21H20ClNO6. The number of alkyl carbamates (subject to hydrolysis) is 1. The van der Waals surface area contributed by atoms with E-state index in [0.29, 0.717) is 11.4 Å². The molecule has 0 saturated carbocycles. The van der Waals surface area contributed by atoms with Gasteiger partial charge < -0.3 is 19.9 Å². The summed E-state index contributed by atoms with van der Waals surface area (Å²) < 4.78 is 9.45. The number of nitrogens with one attached hydrogen (secondary N) is 1. The Morgan fingerprint density at radius 2 is 1.72 bits per heavy atom. The van der Waals surface area contributed by atoms with Crippen molar-refractivity contribution in [1.29, 1.82) is 0 Å². The lowest BCUT2D eigenvalue weighted by molar-refractivity contribution is -0.146. The summed E-state index contributed by atoms with van der Waals surface area (Å²) >= 11 is 5.81. The van der Waals surface area contributed by atoms with Crippen LogP contribution in [0.3, 0.4) is 0 Å². The fraction of sp³-hybridized carbons (Fsp3) is 0.190. The van der Waals surface area contributed by atoms with Gasteiger partial charge in [-0.1, -0.05) is 54.1 Å². The van der Waals surface area contributed by atoms with E-state index in [4.69, 9.17) is 21.1 Å². The third kappa shape index (κ3) is 8.49. The number of amides is 1. The molecular weight excluding hydrogens is 398 g/mol. The molecule has 1 atom stereocenters. The lowest BCUT2D eigenvalue weighted by atomic mass is 10.1. The van der Waals surface area contributed by atoms with E-state index in [-0.39, 0.29) is 6.42 Å². The average Bonchev–Trinajstić information content (AvgIpc) is 2.71. The van der Waals surface area contributed by atoms with Crippen molar-refractivity contribution in [3.8, 4) is 0 Å². The van der Waals surface area contributed by atoms with Crippen molar-refractivity contribution in [1.82, 2.24) is 5.32 Å². The number of benzene rings is 2. The van der Waals surface area contributed by atoms with Crippen LogP contribution in [-0.2, 0) is 25.5 Å². The van der Waals surface area contributed by atoms with Gasteiger partial charge in [-0.3, -0.25) is 0 Å². The Labute approximate surface area is 172 Å². The summed E-state index contributed by atoms with van der Waals surface area (Å²) in [6, 6.07) is 14.9. The summed E-state index contributed by atoms with van der Waals surface area (Å²) in [6.45, 7) is -0.632. The monoisotopic (exact) mass is 417 g/mol. The van der Waals surface area contributed by atoms with E-state index in [1.54, 1.807) is 30.3 Å².